The molecule has 0 saturated carbocycles. The molecular formula is C13H16ClN3S. The highest BCUT2D eigenvalue weighted by atomic mass is 35.5. The van der Waals surface area contributed by atoms with E-state index in [0.717, 1.165) is 29.2 Å². The van der Waals surface area contributed by atoms with Gasteiger partial charge in [0.1, 0.15) is 0 Å². The SMILES string of the molecule is CCNC(Cc1ccncc1Cl)c1csc(C)n1. The molecule has 0 spiro atoms. The fourth-order valence-electron chi connectivity index (χ4n) is 1.86. The fourth-order valence-corrected chi connectivity index (χ4v) is 2.72. The number of hydrogen-bond donors (Lipinski definition) is 1. The highest BCUT2D eigenvalue weighted by molar-refractivity contribution is 7.09. The summed E-state index contributed by atoms with van der Waals surface area (Å²) in [6, 6.07) is 2.17. The number of aryl methyl sites for hydroxylation is 1. The molecule has 0 amide bonds. The van der Waals surface area contributed by atoms with Crippen molar-refractivity contribution < 1.29 is 0 Å². The summed E-state index contributed by atoms with van der Waals surface area (Å²) < 4.78 is 0. The Hall–Kier alpha value is -0.970. The topological polar surface area (TPSA) is 37.8 Å². The Morgan fingerprint density at radius 3 is 2.94 bits per heavy atom. The molecule has 1 atom stereocenters. The van der Waals surface area contributed by atoms with Gasteiger partial charge < -0.3 is 5.32 Å². The normalized spacial score (nSPS) is 12.6. The van der Waals surface area contributed by atoms with Gasteiger partial charge in [-0.25, -0.2) is 4.98 Å². The molecule has 0 saturated heterocycles. The number of halogens is 1. The molecule has 5 heteroatoms. The third-order valence-electron chi connectivity index (χ3n) is 2.72. The van der Waals surface area contributed by atoms with Crippen molar-refractivity contribution in [3.8, 4) is 0 Å². The van der Waals surface area contributed by atoms with Crippen molar-refractivity contribution in [2.75, 3.05) is 6.54 Å². The van der Waals surface area contributed by atoms with E-state index < -0.39 is 0 Å². The van der Waals surface area contributed by atoms with Crippen LogP contribution in [0.1, 0.15) is 29.2 Å². The molecule has 0 aliphatic carbocycles. The highest BCUT2D eigenvalue weighted by Crippen LogP contribution is 2.23. The molecule has 18 heavy (non-hydrogen) atoms. The Morgan fingerprint density at radius 2 is 2.33 bits per heavy atom. The predicted molar refractivity (Wildman–Crippen MR) is 76.2 cm³/mol. The van der Waals surface area contributed by atoms with Crippen LogP contribution in [-0.4, -0.2) is 16.5 Å². The van der Waals surface area contributed by atoms with Gasteiger partial charge in [-0.05, 0) is 31.5 Å². The summed E-state index contributed by atoms with van der Waals surface area (Å²) in [4.78, 5) is 8.56. The summed E-state index contributed by atoms with van der Waals surface area (Å²) in [7, 11) is 0. The number of aromatic nitrogens is 2. The summed E-state index contributed by atoms with van der Waals surface area (Å²) >= 11 is 7.83. The summed E-state index contributed by atoms with van der Waals surface area (Å²) in [6.07, 6.45) is 4.29. The van der Waals surface area contributed by atoms with E-state index in [9.17, 15) is 0 Å². The molecular weight excluding hydrogens is 266 g/mol. The number of pyridine rings is 1. The van der Waals surface area contributed by atoms with E-state index in [1.165, 1.54) is 0 Å². The lowest BCUT2D eigenvalue weighted by atomic mass is 10.1. The van der Waals surface area contributed by atoms with Crippen molar-refractivity contribution in [1.82, 2.24) is 15.3 Å². The van der Waals surface area contributed by atoms with Gasteiger partial charge in [-0.3, -0.25) is 4.98 Å². The first-order chi connectivity index (χ1) is 8.70. The Bertz CT molecular complexity index is 512. The third kappa shape index (κ3) is 3.28. The fraction of sp³-hybridized carbons (Fsp3) is 0.385. The van der Waals surface area contributed by atoms with Crippen LogP contribution in [0.15, 0.2) is 23.8 Å². The van der Waals surface area contributed by atoms with Gasteiger partial charge >= 0.3 is 0 Å². The number of nitrogens with zero attached hydrogens (tertiary/aromatic N) is 2. The van der Waals surface area contributed by atoms with Gasteiger partial charge in [-0.15, -0.1) is 11.3 Å². The van der Waals surface area contributed by atoms with Gasteiger partial charge in [0.25, 0.3) is 0 Å². The quantitative estimate of drug-likeness (QED) is 0.913. The zero-order valence-electron chi connectivity index (χ0n) is 10.5. The van der Waals surface area contributed by atoms with Crippen molar-refractivity contribution in [2.24, 2.45) is 0 Å². The second-order valence-corrected chi connectivity index (χ2v) is 5.54. The van der Waals surface area contributed by atoms with Crippen LogP contribution in [0.25, 0.3) is 0 Å². The first-order valence-electron chi connectivity index (χ1n) is 5.94. The van der Waals surface area contributed by atoms with Crippen molar-refractivity contribution >= 4 is 22.9 Å². The molecule has 0 aliphatic rings. The van der Waals surface area contributed by atoms with Crippen LogP contribution in [0.3, 0.4) is 0 Å². The van der Waals surface area contributed by atoms with Crippen molar-refractivity contribution in [2.45, 2.75) is 26.3 Å². The van der Waals surface area contributed by atoms with E-state index in [0.29, 0.717) is 5.02 Å². The van der Waals surface area contributed by atoms with Gasteiger partial charge in [-0.1, -0.05) is 18.5 Å². The molecule has 1 unspecified atom stereocenters. The van der Waals surface area contributed by atoms with Gasteiger partial charge in [-0.2, -0.15) is 0 Å². The average Bonchev–Trinajstić information content (AvgIpc) is 2.78. The molecule has 0 fully saturated rings. The van der Waals surface area contributed by atoms with Crippen LogP contribution < -0.4 is 5.32 Å². The minimum Gasteiger partial charge on any atom is -0.309 e. The largest absolute Gasteiger partial charge is 0.309 e. The molecule has 0 aliphatic heterocycles. The summed E-state index contributed by atoms with van der Waals surface area (Å²) in [6.45, 7) is 5.03. The van der Waals surface area contributed by atoms with Crippen LogP contribution in [0.2, 0.25) is 5.02 Å². The molecule has 2 aromatic heterocycles. The van der Waals surface area contributed by atoms with Crippen LogP contribution in [0.5, 0.6) is 0 Å². The molecule has 0 aromatic carbocycles. The number of rotatable bonds is 5. The summed E-state index contributed by atoms with van der Waals surface area (Å²) in [5.41, 5.74) is 2.19. The first-order valence-corrected chi connectivity index (χ1v) is 7.20. The van der Waals surface area contributed by atoms with E-state index in [1.807, 2.05) is 13.0 Å². The lowest BCUT2D eigenvalue weighted by Crippen LogP contribution is -2.23. The number of likely N-dealkylation sites (N-methyl/N-ethyl adjacent to an activating group) is 1. The Balaban J connectivity index is 2.19. The number of hydrogen-bond acceptors (Lipinski definition) is 4. The van der Waals surface area contributed by atoms with Gasteiger partial charge in [0.2, 0.25) is 0 Å². The molecule has 0 bridgehead atoms. The Kier molecular flexibility index (Phi) is 4.69. The summed E-state index contributed by atoms with van der Waals surface area (Å²) in [5, 5.41) is 7.37. The minimum absolute atomic E-state index is 0.208. The second kappa shape index (κ2) is 6.27. The monoisotopic (exact) mass is 281 g/mol. The Labute approximate surface area is 116 Å². The summed E-state index contributed by atoms with van der Waals surface area (Å²) in [5.74, 6) is 0. The van der Waals surface area contributed by atoms with E-state index in [1.54, 1.807) is 23.7 Å². The minimum atomic E-state index is 0.208. The van der Waals surface area contributed by atoms with Crippen molar-refractivity contribution in [3.05, 3.63) is 45.1 Å². The van der Waals surface area contributed by atoms with Crippen molar-refractivity contribution in [3.63, 3.8) is 0 Å². The number of thiazole rings is 1. The third-order valence-corrected chi connectivity index (χ3v) is 3.86. The highest BCUT2D eigenvalue weighted by Gasteiger charge is 2.15. The maximum Gasteiger partial charge on any atom is 0.0898 e. The molecule has 0 radical (unpaired) electrons. The standard InChI is InChI=1S/C13H16ClN3S/c1-3-16-12(13-8-18-9(2)17-13)6-10-4-5-15-7-11(10)14/h4-5,7-8,12,16H,3,6H2,1-2H3. The van der Waals surface area contributed by atoms with Crippen LogP contribution >= 0.6 is 22.9 Å². The lowest BCUT2D eigenvalue weighted by Gasteiger charge is -2.16. The maximum absolute atomic E-state index is 6.15. The average molecular weight is 282 g/mol. The lowest BCUT2D eigenvalue weighted by molar-refractivity contribution is 0.538. The maximum atomic E-state index is 6.15. The first kappa shape index (κ1) is 13.5. The second-order valence-electron chi connectivity index (χ2n) is 4.07. The molecule has 2 aromatic rings. The van der Waals surface area contributed by atoms with Gasteiger partial charge in [0.15, 0.2) is 0 Å². The van der Waals surface area contributed by atoms with Crippen LogP contribution in [-0.2, 0) is 6.42 Å². The van der Waals surface area contributed by atoms with Gasteiger partial charge in [0, 0.05) is 17.8 Å². The zero-order chi connectivity index (χ0) is 13.0. The zero-order valence-corrected chi connectivity index (χ0v) is 12.1. The molecule has 1 N–H and O–H groups in total. The predicted octanol–water partition coefficient (Wildman–Crippen LogP) is 3.39. The molecule has 3 nitrogen and oxygen atoms in total. The van der Waals surface area contributed by atoms with E-state index in [2.05, 4.69) is 27.6 Å². The van der Waals surface area contributed by atoms with Crippen molar-refractivity contribution in [1.29, 1.82) is 0 Å². The smallest absolute Gasteiger partial charge is 0.0898 e. The Morgan fingerprint density at radius 1 is 1.50 bits per heavy atom. The van der Waals surface area contributed by atoms with E-state index >= 15 is 0 Å². The number of nitrogens with one attached hydrogen (secondary N) is 1. The van der Waals surface area contributed by atoms with E-state index in [-0.39, 0.29) is 6.04 Å². The van der Waals surface area contributed by atoms with Crippen LogP contribution in [0, 0.1) is 6.92 Å². The molecule has 2 rings (SSSR count). The van der Waals surface area contributed by atoms with Gasteiger partial charge in [0.05, 0.1) is 21.8 Å². The van der Waals surface area contributed by atoms with E-state index in [4.69, 9.17) is 11.6 Å². The molecule has 96 valence electrons. The van der Waals surface area contributed by atoms with Crippen LogP contribution in [0.4, 0.5) is 0 Å². The molecule has 2 heterocycles.